The van der Waals surface area contributed by atoms with Crippen LogP contribution < -0.4 is 4.90 Å². The Kier molecular flexibility index (Phi) is 4.73. The minimum atomic E-state index is -0.303. The monoisotopic (exact) mass is 347 g/mol. The number of hydrogen-bond donors (Lipinski definition) is 0. The van der Waals surface area contributed by atoms with Crippen LogP contribution in [0.1, 0.15) is 57.1 Å². The van der Waals surface area contributed by atoms with Gasteiger partial charge in [-0.15, -0.1) is 10.2 Å². The highest BCUT2D eigenvalue weighted by molar-refractivity contribution is 5.61. The topological polar surface area (TPSA) is 94.9 Å². The zero-order chi connectivity index (χ0) is 18.1. The summed E-state index contributed by atoms with van der Waals surface area (Å²) in [6.07, 6.45) is 4.13. The number of anilines is 1. The average molecular weight is 347 g/mol. The van der Waals surface area contributed by atoms with Crippen LogP contribution in [0.25, 0.3) is 0 Å². The molecule has 0 aliphatic carbocycles. The standard InChI is InChI=1S/C16H25N7O2/c1-5-13-14(23(24)25)16(20(4)19-13)21-8-6-12(7-9-21)15-18-17-10-22(15)11(2)3/h10-12H,5-9H2,1-4H3. The lowest BCUT2D eigenvalue weighted by atomic mass is 9.95. The minimum absolute atomic E-state index is 0.147. The van der Waals surface area contributed by atoms with E-state index in [1.54, 1.807) is 18.1 Å². The van der Waals surface area contributed by atoms with Gasteiger partial charge in [0.15, 0.2) is 0 Å². The van der Waals surface area contributed by atoms with Gasteiger partial charge in [0.25, 0.3) is 0 Å². The molecule has 0 radical (unpaired) electrons. The summed E-state index contributed by atoms with van der Waals surface area (Å²) in [5.74, 6) is 1.97. The van der Waals surface area contributed by atoms with E-state index in [1.165, 1.54) is 0 Å². The van der Waals surface area contributed by atoms with Gasteiger partial charge in [0, 0.05) is 32.1 Å². The molecule has 2 aromatic heterocycles. The number of nitro groups is 1. The van der Waals surface area contributed by atoms with Crippen molar-refractivity contribution >= 4 is 11.5 Å². The van der Waals surface area contributed by atoms with Gasteiger partial charge >= 0.3 is 5.69 Å². The molecule has 0 aromatic carbocycles. The van der Waals surface area contributed by atoms with Crippen molar-refractivity contribution < 1.29 is 4.92 Å². The molecule has 9 nitrogen and oxygen atoms in total. The van der Waals surface area contributed by atoms with Gasteiger partial charge in [0.1, 0.15) is 17.8 Å². The Morgan fingerprint density at radius 3 is 2.60 bits per heavy atom. The van der Waals surface area contributed by atoms with E-state index in [0.29, 0.717) is 29.9 Å². The highest BCUT2D eigenvalue weighted by Crippen LogP contribution is 2.36. The van der Waals surface area contributed by atoms with Crippen LogP contribution in [0.4, 0.5) is 11.5 Å². The normalized spacial score (nSPS) is 16.0. The predicted octanol–water partition coefficient (Wildman–Crippen LogP) is 2.45. The summed E-state index contributed by atoms with van der Waals surface area (Å²) in [6.45, 7) is 7.63. The third-order valence-corrected chi connectivity index (χ3v) is 4.90. The quantitative estimate of drug-likeness (QED) is 0.609. The first-order valence-electron chi connectivity index (χ1n) is 8.78. The molecule has 1 saturated heterocycles. The summed E-state index contributed by atoms with van der Waals surface area (Å²) in [4.78, 5) is 13.3. The molecule has 9 heteroatoms. The maximum Gasteiger partial charge on any atom is 0.334 e. The molecule has 0 amide bonds. The summed E-state index contributed by atoms with van der Waals surface area (Å²) in [5, 5.41) is 24.2. The van der Waals surface area contributed by atoms with Gasteiger partial charge in [-0.05, 0) is 33.1 Å². The summed E-state index contributed by atoms with van der Waals surface area (Å²) in [6, 6.07) is 0.327. The lowest BCUT2D eigenvalue weighted by Gasteiger charge is -2.32. The molecule has 25 heavy (non-hydrogen) atoms. The zero-order valence-corrected chi connectivity index (χ0v) is 15.2. The molecular weight excluding hydrogens is 322 g/mol. The van der Waals surface area contributed by atoms with Gasteiger partial charge in [-0.25, -0.2) is 4.68 Å². The largest absolute Gasteiger partial charge is 0.351 e. The maximum absolute atomic E-state index is 11.5. The Hall–Kier alpha value is -2.45. The van der Waals surface area contributed by atoms with Crippen molar-refractivity contribution in [1.82, 2.24) is 24.5 Å². The number of hydrogen-bond acceptors (Lipinski definition) is 6. The second-order valence-corrected chi connectivity index (χ2v) is 6.80. The second kappa shape index (κ2) is 6.81. The van der Waals surface area contributed by atoms with Crippen LogP contribution in [0.15, 0.2) is 6.33 Å². The van der Waals surface area contributed by atoms with Gasteiger partial charge in [-0.3, -0.25) is 10.1 Å². The van der Waals surface area contributed by atoms with E-state index in [4.69, 9.17) is 0 Å². The Morgan fingerprint density at radius 1 is 1.36 bits per heavy atom. The Morgan fingerprint density at radius 2 is 2.04 bits per heavy atom. The molecule has 0 spiro atoms. The van der Waals surface area contributed by atoms with E-state index < -0.39 is 0 Å². The van der Waals surface area contributed by atoms with Crippen LogP contribution in [0.2, 0.25) is 0 Å². The fourth-order valence-electron chi connectivity index (χ4n) is 3.63. The van der Waals surface area contributed by atoms with Crippen molar-refractivity contribution in [3.05, 3.63) is 28.0 Å². The van der Waals surface area contributed by atoms with E-state index in [1.807, 2.05) is 6.92 Å². The highest BCUT2D eigenvalue weighted by Gasteiger charge is 2.33. The fourth-order valence-corrected chi connectivity index (χ4v) is 3.63. The summed E-state index contributed by atoms with van der Waals surface area (Å²) in [5.41, 5.74) is 0.693. The van der Waals surface area contributed by atoms with Gasteiger partial charge in [-0.2, -0.15) is 5.10 Å². The Bertz CT molecular complexity index is 757. The average Bonchev–Trinajstić information content (AvgIpc) is 3.19. The van der Waals surface area contributed by atoms with Gasteiger partial charge in [-0.1, -0.05) is 6.92 Å². The first-order valence-corrected chi connectivity index (χ1v) is 8.78. The molecule has 1 fully saturated rings. The fraction of sp³-hybridized carbons (Fsp3) is 0.688. The number of aromatic nitrogens is 5. The minimum Gasteiger partial charge on any atom is -0.351 e. The molecule has 1 aliphatic rings. The van der Waals surface area contributed by atoms with E-state index in [0.717, 1.165) is 31.8 Å². The molecular formula is C16H25N7O2. The Labute approximate surface area is 146 Å². The first-order chi connectivity index (χ1) is 11.9. The van der Waals surface area contributed by atoms with Crippen LogP contribution in [0.5, 0.6) is 0 Å². The second-order valence-electron chi connectivity index (χ2n) is 6.80. The molecule has 0 unspecified atom stereocenters. The van der Waals surface area contributed by atoms with Gasteiger partial charge in [0.2, 0.25) is 5.82 Å². The van der Waals surface area contributed by atoms with Crippen molar-refractivity contribution in [3.63, 3.8) is 0 Å². The van der Waals surface area contributed by atoms with Crippen LogP contribution in [-0.2, 0) is 13.5 Å². The van der Waals surface area contributed by atoms with E-state index in [2.05, 4.69) is 38.6 Å². The van der Waals surface area contributed by atoms with Crippen LogP contribution in [-0.4, -0.2) is 42.6 Å². The van der Waals surface area contributed by atoms with Crippen molar-refractivity contribution in [2.75, 3.05) is 18.0 Å². The van der Waals surface area contributed by atoms with Crippen LogP contribution in [0, 0.1) is 10.1 Å². The number of aryl methyl sites for hydroxylation is 2. The molecule has 0 atom stereocenters. The first kappa shape index (κ1) is 17.4. The number of rotatable bonds is 5. The molecule has 0 saturated carbocycles. The van der Waals surface area contributed by atoms with Crippen molar-refractivity contribution in [2.24, 2.45) is 7.05 Å². The van der Waals surface area contributed by atoms with Gasteiger partial charge < -0.3 is 9.47 Å². The van der Waals surface area contributed by atoms with E-state index >= 15 is 0 Å². The number of piperidine rings is 1. The van der Waals surface area contributed by atoms with Crippen molar-refractivity contribution in [3.8, 4) is 0 Å². The predicted molar refractivity (Wildman–Crippen MR) is 93.8 cm³/mol. The SMILES string of the molecule is CCc1nn(C)c(N2CCC(c3nncn3C(C)C)CC2)c1[N+](=O)[O-]. The lowest BCUT2D eigenvalue weighted by molar-refractivity contribution is -0.384. The molecule has 3 heterocycles. The summed E-state index contributed by atoms with van der Waals surface area (Å²) in [7, 11) is 1.78. The molecule has 2 aromatic rings. The highest BCUT2D eigenvalue weighted by atomic mass is 16.6. The van der Waals surface area contributed by atoms with Crippen molar-refractivity contribution in [2.45, 2.75) is 52.0 Å². The molecule has 0 bridgehead atoms. The third kappa shape index (κ3) is 3.10. The Balaban J connectivity index is 1.80. The number of nitrogens with zero attached hydrogens (tertiary/aromatic N) is 7. The lowest BCUT2D eigenvalue weighted by Crippen LogP contribution is -2.35. The molecule has 136 valence electrons. The van der Waals surface area contributed by atoms with E-state index in [9.17, 15) is 10.1 Å². The molecule has 0 N–H and O–H groups in total. The third-order valence-electron chi connectivity index (χ3n) is 4.90. The van der Waals surface area contributed by atoms with Crippen LogP contribution in [0.3, 0.4) is 0 Å². The maximum atomic E-state index is 11.5. The zero-order valence-electron chi connectivity index (χ0n) is 15.2. The molecule has 3 rings (SSSR count). The van der Waals surface area contributed by atoms with Gasteiger partial charge in [0.05, 0.1) is 4.92 Å². The summed E-state index contributed by atoms with van der Waals surface area (Å²) < 4.78 is 3.76. The summed E-state index contributed by atoms with van der Waals surface area (Å²) >= 11 is 0. The van der Waals surface area contributed by atoms with E-state index in [-0.39, 0.29) is 10.6 Å². The van der Waals surface area contributed by atoms with Crippen molar-refractivity contribution in [1.29, 1.82) is 0 Å². The van der Waals surface area contributed by atoms with Crippen LogP contribution >= 0.6 is 0 Å². The molecule has 1 aliphatic heterocycles. The smallest absolute Gasteiger partial charge is 0.334 e.